The molecule has 0 saturated carbocycles. The minimum Gasteiger partial charge on any atom is -0.488 e. The average molecular weight is 337 g/mol. The Hall–Kier alpha value is -1.73. The number of carbonyl (C=O) groups excluding carboxylic acids is 1. The third kappa shape index (κ3) is 5.28. The molecule has 0 spiro atoms. The van der Waals surface area contributed by atoms with Gasteiger partial charge in [0.2, 0.25) is 5.91 Å². The Kier molecular flexibility index (Phi) is 7.04. The lowest BCUT2D eigenvalue weighted by atomic mass is 10.2. The zero-order chi connectivity index (χ0) is 15.8. The molecule has 0 heterocycles. The fourth-order valence-electron chi connectivity index (χ4n) is 1.51. The van der Waals surface area contributed by atoms with Gasteiger partial charge in [0.15, 0.2) is 11.5 Å². The number of nitrogens with zero attached hydrogens (tertiary/aromatic N) is 1. The van der Waals surface area contributed by atoms with Gasteiger partial charge in [-0.1, -0.05) is 0 Å². The summed E-state index contributed by atoms with van der Waals surface area (Å²) >= 11 is 11.1. The van der Waals surface area contributed by atoms with Gasteiger partial charge in [0.1, 0.15) is 18.9 Å². The minimum absolute atomic E-state index is 0.0234. The largest absolute Gasteiger partial charge is 0.488 e. The van der Waals surface area contributed by atoms with Gasteiger partial charge >= 0.3 is 0 Å². The van der Waals surface area contributed by atoms with Crippen LogP contribution in [0.15, 0.2) is 12.1 Å². The van der Waals surface area contributed by atoms with Crippen LogP contribution in [0, 0.1) is 10.1 Å². The third-order valence-electron chi connectivity index (χ3n) is 2.24. The van der Waals surface area contributed by atoms with Gasteiger partial charge in [-0.05, 0) is 0 Å². The summed E-state index contributed by atoms with van der Waals surface area (Å²) in [7, 11) is 0. The van der Waals surface area contributed by atoms with E-state index in [1.807, 2.05) is 0 Å². The number of amides is 1. The van der Waals surface area contributed by atoms with Crippen LogP contribution in [0.25, 0.3) is 0 Å². The molecule has 0 aliphatic heterocycles. The Morgan fingerprint density at radius 3 is 2.19 bits per heavy atom. The number of halogens is 2. The molecule has 1 aromatic carbocycles. The van der Waals surface area contributed by atoms with Crippen molar-refractivity contribution in [3.8, 4) is 11.5 Å². The molecule has 0 aliphatic carbocycles. The number of nitro groups is 1. The van der Waals surface area contributed by atoms with Crippen molar-refractivity contribution in [2.75, 3.05) is 30.3 Å². The molecular weight excluding hydrogens is 323 g/mol. The van der Waals surface area contributed by atoms with E-state index >= 15 is 0 Å². The maximum absolute atomic E-state index is 11.1. The highest BCUT2D eigenvalue weighted by molar-refractivity contribution is 6.18. The van der Waals surface area contributed by atoms with Crippen LogP contribution in [0.3, 0.4) is 0 Å². The molecule has 0 aliphatic rings. The molecule has 9 heteroatoms. The first kappa shape index (κ1) is 17.3. The number of nitro benzene ring substituents is 1. The van der Waals surface area contributed by atoms with Gasteiger partial charge in [-0.15, -0.1) is 23.2 Å². The topological polar surface area (TPSA) is 90.7 Å². The zero-order valence-electron chi connectivity index (χ0n) is 11.2. The van der Waals surface area contributed by atoms with Crippen molar-refractivity contribution in [2.45, 2.75) is 6.92 Å². The SMILES string of the molecule is CC(=O)Nc1cc(OCCCl)c(OCCCl)cc1[N+](=O)[O-]. The van der Waals surface area contributed by atoms with E-state index in [4.69, 9.17) is 32.7 Å². The number of anilines is 1. The summed E-state index contributed by atoms with van der Waals surface area (Å²) in [6.07, 6.45) is 0. The van der Waals surface area contributed by atoms with E-state index < -0.39 is 10.8 Å². The van der Waals surface area contributed by atoms with Crippen LogP contribution in [-0.4, -0.2) is 35.8 Å². The van der Waals surface area contributed by atoms with Crippen molar-refractivity contribution in [1.82, 2.24) is 0 Å². The first-order valence-corrected chi connectivity index (χ1v) is 7.04. The summed E-state index contributed by atoms with van der Waals surface area (Å²) in [6.45, 7) is 1.60. The molecule has 0 atom stereocenters. The average Bonchev–Trinajstić information content (AvgIpc) is 2.42. The second-order valence-corrected chi connectivity index (χ2v) is 4.59. The van der Waals surface area contributed by atoms with Gasteiger partial charge in [0, 0.05) is 13.0 Å². The van der Waals surface area contributed by atoms with Crippen molar-refractivity contribution < 1.29 is 19.2 Å². The molecule has 1 aromatic rings. The summed E-state index contributed by atoms with van der Waals surface area (Å²) in [5, 5.41) is 13.4. The molecule has 0 bridgehead atoms. The molecule has 1 amide bonds. The summed E-state index contributed by atoms with van der Waals surface area (Å²) in [4.78, 5) is 21.6. The van der Waals surface area contributed by atoms with Crippen molar-refractivity contribution in [3.05, 3.63) is 22.2 Å². The molecule has 0 fully saturated rings. The van der Waals surface area contributed by atoms with Crippen LogP contribution in [0.4, 0.5) is 11.4 Å². The molecule has 7 nitrogen and oxygen atoms in total. The number of carbonyl (C=O) groups is 1. The highest BCUT2D eigenvalue weighted by Gasteiger charge is 2.21. The molecule has 0 aromatic heterocycles. The maximum atomic E-state index is 11.1. The Bertz CT molecular complexity index is 525. The molecular formula is C12H14Cl2N2O5. The van der Waals surface area contributed by atoms with E-state index in [0.29, 0.717) is 0 Å². The summed E-state index contributed by atoms with van der Waals surface area (Å²) in [6, 6.07) is 2.51. The predicted octanol–water partition coefficient (Wildman–Crippen LogP) is 2.79. The first-order chi connectivity index (χ1) is 9.99. The van der Waals surface area contributed by atoms with Crippen LogP contribution < -0.4 is 14.8 Å². The number of alkyl halides is 2. The highest BCUT2D eigenvalue weighted by Crippen LogP contribution is 2.38. The normalized spacial score (nSPS) is 10.0. The number of hydrogen-bond donors (Lipinski definition) is 1. The second kappa shape index (κ2) is 8.53. The number of nitrogens with one attached hydrogen (secondary N) is 1. The highest BCUT2D eigenvalue weighted by atomic mass is 35.5. The quantitative estimate of drug-likeness (QED) is 0.447. The Labute approximate surface area is 131 Å². The van der Waals surface area contributed by atoms with Crippen LogP contribution in [0.5, 0.6) is 11.5 Å². The molecule has 0 radical (unpaired) electrons. The second-order valence-electron chi connectivity index (χ2n) is 3.83. The lowest BCUT2D eigenvalue weighted by molar-refractivity contribution is -0.384. The van der Waals surface area contributed by atoms with Gasteiger partial charge in [-0.25, -0.2) is 0 Å². The number of rotatable bonds is 8. The summed E-state index contributed by atoms with van der Waals surface area (Å²) < 4.78 is 10.7. The number of hydrogen-bond acceptors (Lipinski definition) is 5. The maximum Gasteiger partial charge on any atom is 0.296 e. The van der Waals surface area contributed by atoms with Gasteiger partial charge in [0.05, 0.1) is 22.7 Å². The van der Waals surface area contributed by atoms with Crippen LogP contribution >= 0.6 is 23.2 Å². The van der Waals surface area contributed by atoms with Gasteiger partial charge < -0.3 is 14.8 Å². The van der Waals surface area contributed by atoms with E-state index in [1.54, 1.807) is 0 Å². The van der Waals surface area contributed by atoms with Gasteiger partial charge in [-0.3, -0.25) is 14.9 Å². The fraction of sp³-hybridized carbons (Fsp3) is 0.417. The Morgan fingerprint density at radius 1 is 1.24 bits per heavy atom. The van der Waals surface area contributed by atoms with Crippen LogP contribution in [0.1, 0.15) is 6.92 Å². The predicted molar refractivity (Wildman–Crippen MR) is 79.8 cm³/mol. The molecule has 21 heavy (non-hydrogen) atoms. The smallest absolute Gasteiger partial charge is 0.296 e. The van der Waals surface area contributed by atoms with Crippen LogP contribution in [-0.2, 0) is 4.79 Å². The third-order valence-corrected chi connectivity index (χ3v) is 2.55. The zero-order valence-corrected chi connectivity index (χ0v) is 12.7. The number of benzene rings is 1. The van der Waals surface area contributed by atoms with Crippen molar-refractivity contribution in [2.24, 2.45) is 0 Å². The summed E-state index contributed by atoms with van der Waals surface area (Å²) in [5.74, 6) is 0.435. The fourth-order valence-corrected chi connectivity index (χ4v) is 1.67. The molecule has 1 rings (SSSR count). The van der Waals surface area contributed by atoms with Crippen LogP contribution in [0.2, 0.25) is 0 Å². The Morgan fingerprint density at radius 2 is 1.76 bits per heavy atom. The van der Waals surface area contributed by atoms with Gasteiger partial charge in [-0.2, -0.15) is 0 Å². The Balaban J connectivity index is 3.23. The minimum atomic E-state index is -0.621. The van der Waals surface area contributed by atoms with E-state index in [2.05, 4.69) is 5.32 Å². The number of ether oxygens (including phenoxy) is 2. The molecule has 1 N–H and O–H groups in total. The summed E-state index contributed by atoms with van der Waals surface area (Å²) in [5.41, 5.74) is -0.275. The van der Waals surface area contributed by atoms with Crippen molar-refractivity contribution >= 4 is 40.5 Å². The molecule has 0 unspecified atom stereocenters. The first-order valence-electron chi connectivity index (χ1n) is 5.97. The van der Waals surface area contributed by atoms with Gasteiger partial charge in [0.25, 0.3) is 5.69 Å². The van der Waals surface area contributed by atoms with E-state index in [-0.39, 0.29) is 47.8 Å². The van der Waals surface area contributed by atoms with E-state index in [0.717, 1.165) is 0 Å². The standard InChI is InChI=1S/C12H14Cl2N2O5/c1-8(17)15-9-6-11(20-4-2-13)12(21-5-3-14)7-10(9)16(18)19/h6-7H,2-5H2,1H3,(H,15,17). The lowest BCUT2D eigenvalue weighted by Gasteiger charge is -2.13. The monoisotopic (exact) mass is 336 g/mol. The van der Waals surface area contributed by atoms with Crippen molar-refractivity contribution in [1.29, 1.82) is 0 Å². The molecule has 0 saturated heterocycles. The van der Waals surface area contributed by atoms with E-state index in [9.17, 15) is 14.9 Å². The molecule has 116 valence electrons. The van der Waals surface area contributed by atoms with E-state index in [1.165, 1.54) is 19.1 Å². The van der Waals surface area contributed by atoms with Crippen molar-refractivity contribution in [3.63, 3.8) is 0 Å². The lowest BCUT2D eigenvalue weighted by Crippen LogP contribution is -2.10.